The van der Waals surface area contributed by atoms with Crippen molar-refractivity contribution in [1.82, 2.24) is 4.90 Å². The third kappa shape index (κ3) is 10.5. The number of carbonyl (C=O) groups excluding carboxylic acids is 2. The zero-order valence-corrected chi connectivity index (χ0v) is 20.5. The molecule has 0 saturated carbocycles. The molecule has 30 heavy (non-hydrogen) atoms. The van der Waals surface area contributed by atoms with Gasteiger partial charge in [-0.25, -0.2) is 9.59 Å². The van der Waals surface area contributed by atoms with E-state index in [0.29, 0.717) is 26.3 Å². The standard InChI is InChI=1S/C22H47N4O4/c1-7-12-15-26(14-8-2,18-19-29-21(23)27)16-13-24(6)22(28)30-20-17-25(9-3,10-4)11-5/h7-20H2,1-6H3,(H-,23,27)/q+1/p+1. The summed E-state index contributed by atoms with van der Waals surface area (Å²) in [5.41, 5.74) is 5.13. The Bertz CT molecular complexity index is 477. The summed E-state index contributed by atoms with van der Waals surface area (Å²) in [5, 5.41) is 0. The average Bonchev–Trinajstić information content (AvgIpc) is 2.73. The molecule has 0 heterocycles. The van der Waals surface area contributed by atoms with Crippen LogP contribution in [0.15, 0.2) is 0 Å². The van der Waals surface area contributed by atoms with E-state index in [-0.39, 0.29) is 6.09 Å². The molecule has 0 radical (unpaired) electrons. The fraction of sp³-hybridized carbons (Fsp3) is 0.909. The zero-order valence-electron chi connectivity index (χ0n) is 20.5. The Hall–Kier alpha value is -1.54. The fourth-order valence-corrected chi connectivity index (χ4v) is 4.01. The maximum Gasteiger partial charge on any atom is 0.409 e. The van der Waals surface area contributed by atoms with Gasteiger partial charge in [0.05, 0.1) is 45.8 Å². The first-order chi connectivity index (χ1) is 14.2. The molecule has 0 aromatic heterocycles. The minimum atomic E-state index is -0.735. The number of nitrogens with zero attached hydrogens (tertiary/aromatic N) is 3. The van der Waals surface area contributed by atoms with Gasteiger partial charge in [0.2, 0.25) is 0 Å². The molecule has 2 N–H and O–H groups in total. The average molecular weight is 433 g/mol. The largest absolute Gasteiger partial charge is 0.444 e. The third-order valence-electron chi connectivity index (χ3n) is 6.52. The van der Waals surface area contributed by atoms with Crippen LogP contribution in [-0.4, -0.2) is 105 Å². The highest BCUT2D eigenvalue weighted by atomic mass is 16.6. The van der Waals surface area contributed by atoms with Gasteiger partial charge in [-0.1, -0.05) is 20.3 Å². The maximum atomic E-state index is 12.5. The molecule has 0 aliphatic rings. The number of hydrogen-bond acceptors (Lipinski definition) is 4. The molecule has 8 nitrogen and oxygen atoms in total. The Balaban J connectivity index is 4.80. The normalized spacial score (nSPS) is 13.5. The summed E-state index contributed by atoms with van der Waals surface area (Å²) in [6.07, 6.45) is 2.22. The van der Waals surface area contributed by atoms with E-state index >= 15 is 0 Å². The zero-order chi connectivity index (χ0) is 23.0. The smallest absolute Gasteiger partial charge is 0.409 e. The Morgan fingerprint density at radius 1 is 0.767 bits per heavy atom. The predicted molar refractivity (Wildman–Crippen MR) is 121 cm³/mol. The van der Waals surface area contributed by atoms with Gasteiger partial charge in [0.1, 0.15) is 26.3 Å². The molecule has 1 atom stereocenters. The van der Waals surface area contributed by atoms with Crippen LogP contribution in [0.25, 0.3) is 0 Å². The lowest BCUT2D eigenvalue weighted by atomic mass is 10.2. The summed E-state index contributed by atoms with van der Waals surface area (Å²) >= 11 is 0. The number of primary amides is 1. The summed E-state index contributed by atoms with van der Waals surface area (Å²) < 4.78 is 12.4. The molecule has 0 bridgehead atoms. The van der Waals surface area contributed by atoms with Gasteiger partial charge in [0, 0.05) is 7.05 Å². The second kappa shape index (κ2) is 15.3. The summed E-state index contributed by atoms with van der Waals surface area (Å²) in [4.78, 5) is 25.1. The van der Waals surface area contributed by atoms with Crippen LogP contribution in [0.5, 0.6) is 0 Å². The van der Waals surface area contributed by atoms with Crippen LogP contribution in [0.1, 0.15) is 53.9 Å². The number of ether oxygens (including phenoxy) is 2. The monoisotopic (exact) mass is 432 g/mol. The van der Waals surface area contributed by atoms with Gasteiger partial charge < -0.3 is 29.1 Å². The van der Waals surface area contributed by atoms with Crippen molar-refractivity contribution < 1.29 is 28.0 Å². The minimum Gasteiger partial charge on any atom is -0.444 e. The van der Waals surface area contributed by atoms with Crippen LogP contribution >= 0.6 is 0 Å². The molecule has 0 aromatic rings. The highest BCUT2D eigenvalue weighted by molar-refractivity contribution is 5.67. The first kappa shape index (κ1) is 28.5. The van der Waals surface area contributed by atoms with Crippen molar-refractivity contribution in [3.05, 3.63) is 0 Å². The predicted octanol–water partition coefficient (Wildman–Crippen LogP) is 3.05. The number of carbonyl (C=O) groups is 2. The van der Waals surface area contributed by atoms with Crippen molar-refractivity contribution >= 4 is 12.2 Å². The Morgan fingerprint density at radius 2 is 1.33 bits per heavy atom. The molecule has 0 rings (SSSR count). The SMILES string of the molecule is CCCC[N+](CCC)(CCOC(N)=O)CCN(C)C(=O)OCC[N+](CC)(CC)CC. The molecule has 0 aliphatic carbocycles. The Labute approximate surface area is 184 Å². The number of quaternary nitrogens is 2. The third-order valence-corrected chi connectivity index (χ3v) is 6.52. The molecule has 0 spiro atoms. The second-order valence-corrected chi connectivity index (χ2v) is 8.31. The summed E-state index contributed by atoms with van der Waals surface area (Å²) in [7, 11) is 1.80. The lowest BCUT2D eigenvalue weighted by Gasteiger charge is -2.39. The van der Waals surface area contributed by atoms with Gasteiger partial charge in [-0.05, 0) is 33.6 Å². The molecule has 2 amide bonds. The molecule has 0 fully saturated rings. The van der Waals surface area contributed by atoms with Gasteiger partial charge >= 0.3 is 12.2 Å². The first-order valence-electron chi connectivity index (χ1n) is 11.7. The van der Waals surface area contributed by atoms with E-state index in [1.807, 2.05) is 0 Å². The Morgan fingerprint density at radius 3 is 1.83 bits per heavy atom. The van der Waals surface area contributed by atoms with E-state index in [0.717, 1.165) is 74.0 Å². The maximum absolute atomic E-state index is 12.5. The molecule has 0 aliphatic heterocycles. The summed E-state index contributed by atoms with van der Waals surface area (Å²) in [6.45, 7) is 19.7. The van der Waals surface area contributed by atoms with Gasteiger partial charge in [-0.3, -0.25) is 0 Å². The highest BCUT2D eigenvalue weighted by Crippen LogP contribution is 2.13. The van der Waals surface area contributed by atoms with Crippen molar-refractivity contribution in [2.75, 3.05) is 79.2 Å². The number of likely N-dealkylation sites (N-methyl/N-ethyl adjacent to an activating group) is 2. The highest BCUT2D eigenvalue weighted by Gasteiger charge is 2.28. The number of amides is 2. The number of unbranched alkanes of at least 4 members (excludes halogenated alkanes) is 1. The van der Waals surface area contributed by atoms with Crippen LogP contribution in [0.2, 0.25) is 0 Å². The van der Waals surface area contributed by atoms with Gasteiger partial charge in [0.15, 0.2) is 0 Å². The van der Waals surface area contributed by atoms with Crippen LogP contribution in [0, 0.1) is 0 Å². The minimum absolute atomic E-state index is 0.269. The van der Waals surface area contributed by atoms with E-state index in [1.54, 1.807) is 11.9 Å². The molecular formula is C22H48N4O4+2. The molecule has 0 saturated heterocycles. The van der Waals surface area contributed by atoms with E-state index in [1.165, 1.54) is 0 Å². The van der Waals surface area contributed by atoms with E-state index < -0.39 is 6.09 Å². The van der Waals surface area contributed by atoms with Crippen molar-refractivity contribution in [2.45, 2.75) is 53.9 Å². The molecule has 8 heteroatoms. The van der Waals surface area contributed by atoms with Crippen LogP contribution in [-0.2, 0) is 9.47 Å². The van der Waals surface area contributed by atoms with Gasteiger partial charge in [0.25, 0.3) is 0 Å². The topological polar surface area (TPSA) is 81.9 Å². The van der Waals surface area contributed by atoms with Crippen molar-refractivity contribution in [2.24, 2.45) is 5.73 Å². The molecule has 1 unspecified atom stereocenters. The van der Waals surface area contributed by atoms with E-state index in [9.17, 15) is 9.59 Å². The Kier molecular flexibility index (Phi) is 14.5. The molecular weight excluding hydrogens is 384 g/mol. The van der Waals surface area contributed by atoms with E-state index in [4.69, 9.17) is 15.2 Å². The quantitative estimate of drug-likeness (QED) is 0.358. The lowest BCUT2D eigenvalue weighted by Crippen LogP contribution is -2.55. The first-order valence-corrected chi connectivity index (χ1v) is 11.7. The van der Waals surface area contributed by atoms with Crippen molar-refractivity contribution in [3.63, 3.8) is 0 Å². The van der Waals surface area contributed by atoms with Gasteiger partial charge in [-0.2, -0.15) is 0 Å². The molecule has 178 valence electrons. The van der Waals surface area contributed by atoms with Crippen LogP contribution < -0.4 is 5.73 Å². The second-order valence-electron chi connectivity index (χ2n) is 8.31. The van der Waals surface area contributed by atoms with Crippen LogP contribution in [0.3, 0.4) is 0 Å². The number of hydrogen-bond donors (Lipinski definition) is 1. The lowest BCUT2D eigenvalue weighted by molar-refractivity contribution is -0.928. The van der Waals surface area contributed by atoms with Crippen molar-refractivity contribution in [3.8, 4) is 0 Å². The summed E-state index contributed by atoms with van der Waals surface area (Å²) in [6, 6.07) is 0. The van der Waals surface area contributed by atoms with Crippen molar-refractivity contribution in [1.29, 1.82) is 0 Å². The molecule has 0 aromatic carbocycles. The van der Waals surface area contributed by atoms with Crippen LogP contribution in [0.4, 0.5) is 9.59 Å². The van der Waals surface area contributed by atoms with Gasteiger partial charge in [-0.15, -0.1) is 0 Å². The number of rotatable bonds is 17. The fourth-order valence-electron chi connectivity index (χ4n) is 4.01. The number of nitrogens with two attached hydrogens (primary N) is 1. The summed E-state index contributed by atoms with van der Waals surface area (Å²) in [5.74, 6) is 0. The van der Waals surface area contributed by atoms with E-state index in [2.05, 4.69) is 34.6 Å².